The number of amides is 1. The summed E-state index contributed by atoms with van der Waals surface area (Å²) in [4.78, 5) is 16.9. The molecule has 0 saturated carbocycles. The highest BCUT2D eigenvalue weighted by atomic mass is 16.5. The molecule has 1 aromatic heterocycles. The number of benzene rings is 2. The molecule has 0 spiro atoms. The average Bonchev–Trinajstić information content (AvgIpc) is 3.19. The minimum absolute atomic E-state index is 0.177. The molecule has 1 aliphatic rings. The van der Waals surface area contributed by atoms with E-state index in [0.29, 0.717) is 13.0 Å². The maximum absolute atomic E-state index is 12.7. The van der Waals surface area contributed by atoms with Crippen LogP contribution >= 0.6 is 0 Å². The first kappa shape index (κ1) is 19.1. The number of hydrogen-bond acceptors (Lipinski definition) is 5. The van der Waals surface area contributed by atoms with Crippen LogP contribution in [0, 0.1) is 0 Å². The fourth-order valence-electron chi connectivity index (χ4n) is 3.74. The van der Waals surface area contributed by atoms with Gasteiger partial charge in [-0.05, 0) is 42.5 Å². The average molecular weight is 394 g/mol. The molecule has 2 heterocycles. The van der Waals surface area contributed by atoms with E-state index in [4.69, 9.17) is 9.47 Å². The second-order valence-electron chi connectivity index (χ2n) is 7.11. The van der Waals surface area contributed by atoms with Crippen molar-refractivity contribution in [3.63, 3.8) is 0 Å². The normalized spacial score (nSPS) is 14.3. The molecule has 29 heavy (non-hydrogen) atoms. The maximum atomic E-state index is 12.7. The van der Waals surface area contributed by atoms with Crippen LogP contribution in [0.25, 0.3) is 10.9 Å². The molecule has 0 atom stereocenters. The van der Waals surface area contributed by atoms with Gasteiger partial charge in [0.15, 0.2) is 0 Å². The number of rotatable bonds is 6. The lowest BCUT2D eigenvalue weighted by atomic mass is 10.2. The first-order chi connectivity index (χ1) is 14.2. The fourth-order valence-corrected chi connectivity index (χ4v) is 3.74. The van der Waals surface area contributed by atoms with Crippen molar-refractivity contribution in [3.05, 3.63) is 48.7 Å². The molecule has 3 aromatic rings. The molecule has 1 amide bonds. The van der Waals surface area contributed by atoms with Crippen LogP contribution in [0.4, 0.5) is 5.69 Å². The summed E-state index contributed by atoms with van der Waals surface area (Å²) < 4.78 is 12.4. The largest absolute Gasteiger partial charge is 0.497 e. The number of carbonyl (C=O) groups is 1. The molecule has 0 unspecified atom stereocenters. The SMILES string of the molecule is COc1ccc(N2CCN(C(=O)CCn3ncc4cc(OC)ccc43)CC2)cc1. The van der Waals surface area contributed by atoms with E-state index in [0.717, 1.165) is 54.3 Å². The Morgan fingerprint density at radius 1 is 0.966 bits per heavy atom. The number of anilines is 1. The quantitative estimate of drug-likeness (QED) is 0.643. The van der Waals surface area contributed by atoms with Crippen LogP contribution in [0.5, 0.6) is 11.5 Å². The Hall–Kier alpha value is -3.22. The van der Waals surface area contributed by atoms with Gasteiger partial charge in [-0.25, -0.2) is 0 Å². The van der Waals surface area contributed by atoms with E-state index < -0.39 is 0 Å². The van der Waals surface area contributed by atoms with Crippen LogP contribution in [0.2, 0.25) is 0 Å². The summed E-state index contributed by atoms with van der Waals surface area (Å²) in [7, 11) is 3.32. The predicted octanol–water partition coefficient (Wildman–Crippen LogP) is 2.79. The van der Waals surface area contributed by atoms with Crippen LogP contribution in [0.1, 0.15) is 6.42 Å². The van der Waals surface area contributed by atoms with Crippen LogP contribution < -0.4 is 14.4 Å². The molecule has 0 bridgehead atoms. The van der Waals surface area contributed by atoms with Gasteiger partial charge in [0.2, 0.25) is 5.91 Å². The zero-order valence-electron chi connectivity index (χ0n) is 16.9. The molecule has 1 aliphatic heterocycles. The standard InChI is InChI=1S/C22H26N4O3/c1-28-19-5-3-18(4-6-19)24-11-13-25(14-12-24)22(27)9-10-26-21-8-7-20(29-2)15-17(21)16-23-26/h3-8,15-16H,9-14H2,1-2H3. The molecule has 1 fully saturated rings. The van der Waals surface area contributed by atoms with E-state index in [1.165, 1.54) is 0 Å². The minimum Gasteiger partial charge on any atom is -0.497 e. The third kappa shape index (κ3) is 4.13. The fraction of sp³-hybridized carbons (Fsp3) is 0.364. The summed E-state index contributed by atoms with van der Waals surface area (Å²) in [6, 6.07) is 13.9. The highest BCUT2D eigenvalue weighted by molar-refractivity contribution is 5.81. The summed E-state index contributed by atoms with van der Waals surface area (Å²) in [6.07, 6.45) is 2.27. The Bertz CT molecular complexity index is 975. The van der Waals surface area contributed by atoms with E-state index in [-0.39, 0.29) is 5.91 Å². The molecule has 1 saturated heterocycles. The Morgan fingerprint density at radius 3 is 2.34 bits per heavy atom. The lowest BCUT2D eigenvalue weighted by molar-refractivity contribution is -0.131. The van der Waals surface area contributed by atoms with Gasteiger partial charge in [0.1, 0.15) is 11.5 Å². The van der Waals surface area contributed by atoms with Crippen LogP contribution in [0.15, 0.2) is 48.7 Å². The van der Waals surface area contributed by atoms with Crippen molar-refractivity contribution < 1.29 is 14.3 Å². The molecule has 7 heteroatoms. The first-order valence-electron chi connectivity index (χ1n) is 9.84. The van der Waals surface area contributed by atoms with E-state index in [9.17, 15) is 4.79 Å². The van der Waals surface area contributed by atoms with Crippen molar-refractivity contribution in [1.29, 1.82) is 0 Å². The number of ether oxygens (including phenoxy) is 2. The zero-order chi connectivity index (χ0) is 20.2. The number of carbonyl (C=O) groups excluding carboxylic acids is 1. The summed E-state index contributed by atoms with van der Waals surface area (Å²) in [5.74, 6) is 1.84. The molecule has 0 radical (unpaired) electrons. The molecule has 0 aliphatic carbocycles. The Labute approximate surface area is 170 Å². The van der Waals surface area contributed by atoms with Gasteiger partial charge in [-0.2, -0.15) is 5.10 Å². The Kier molecular flexibility index (Phi) is 5.55. The number of aryl methyl sites for hydroxylation is 1. The van der Waals surface area contributed by atoms with Crippen LogP contribution in [0.3, 0.4) is 0 Å². The van der Waals surface area contributed by atoms with Crippen molar-refractivity contribution in [3.8, 4) is 11.5 Å². The van der Waals surface area contributed by atoms with Crippen molar-refractivity contribution in [2.75, 3.05) is 45.3 Å². The smallest absolute Gasteiger partial charge is 0.224 e. The number of methoxy groups -OCH3 is 2. The van der Waals surface area contributed by atoms with Gasteiger partial charge in [-0.3, -0.25) is 9.48 Å². The summed E-state index contributed by atoms with van der Waals surface area (Å²) in [6.45, 7) is 3.72. The third-order valence-corrected chi connectivity index (χ3v) is 5.46. The molecule has 152 valence electrons. The second-order valence-corrected chi connectivity index (χ2v) is 7.11. The topological polar surface area (TPSA) is 59.8 Å². The van der Waals surface area contributed by atoms with E-state index in [1.54, 1.807) is 14.2 Å². The van der Waals surface area contributed by atoms with Gasteiger partial charge in [0, 0.05) is 43.7 Å². The number of fused-ring (bicyclic) bond motifs is 1. The van der Waals surface area contributed by atoms with E-state index in [1.807, 2.05) is 46.1 Å². The van der Waals surface area contributed by atoms with Crippen molar-refractivity contribution >= 4 is 22.5 Å². The molecule has 7 nitrogen and oxygen atoms in total. The predicted molar refractivity (Wildman–Crippen MR) is 113 cm³/mol. The number of piperazine rings is 1. The lowest BCUT2D eigenvalue weighted by Crippen LogP contribution is -2.49. The maximum Gasteiger partial charge on any atom is 0.224 e. The van der Waals surface area contributed by atoms with Gasteiger partial charge >= 0.3 is 0 Å². The van der Waals surface area contributed by atoms with E-state index >= 15 is 0 Å². The van der Waals surface area contributed by atoms with Gasteiger partial charge in [-0.1, -0.05) is 0 Å². The molecule has 0 N–H and O–H groups in total. The molecular weight excluding hydrogens is 368 g/mol. The molecule has 4 rings (SSSR count). The summed E-state index contributed by atoms with van der Waals surface area (Å²) >= 11 is 0. The summed E-state index contributed by atoms with van der Waals surface area (Å²) in [5, 5.41) is 5.44. The monoisotopic (exact) mass is 394 g/mol. The Balaban J connectivity index is 1.31. The van der Waals surface area contributed by atoms with Crippen LogP contribution in [-0.4, -0.2) is 61.0 Å². The number of hydrogen-bond donors (Lipinski definition) is 0. The van der Waals surface area contributed by atoms with Crippen molar-refractivity contribution in [1.82, 2.24) is 14.7 Å². The van der Waals surface area contributed by atoms with Gasteiger partial charge in [0.25, 0.3) is 0 Å². The summed E-state index contributed by atoms with van der Waals surface area (Å²) in [5.41, 5.74) is 2.18. The first-order valence-corrected chi connectivity index (χ1v) is 9.84. The minimum atomic E-state index is 0.177. The van der Waals surface area contributed by atoms with Gasteiger partial charge in [0.05, 0.1) is 32.5 Å². The second kappa shape index (κ2) is 8.43. The number of aromatic nitrogens is 2. The highest BCUT2D eigenvalue weighted by Gasteiger charge is 2.21. The van der Waals surface area contributed by atoms with Crippen LogP contribution in [-0.2, 0) is 11.3 Å². The van der Waals surface area contributed by atoms with Crippen molar-refractivity contribution in [2.24, 2.45) is 0 Å². The molecule has 2 aromatic carbocycles. The highest BCUT2D eigenvalue weighted by Crippen LogP contribution is 2.22. The lowest BCUT2D eigenvalue weighted by Gasteiger charge is -2.36. The van der Waals surface area contributed by atoms with Gasteiger partial charge in [-0.15, -0.1) is 0 Å². The van der Waals surface area contributed by atoms with Gasteiger partial charge < -0.3 is 19.3 Å². The van der Waals surface area contributed by atoms with E-state index in [2.05, 4.69) is 22.1 Å². The van der Waals surface area contributed by atoms with Crippen molar-refractivity contribution in [2.45, 2.75) is 13.0 Å². The third-order valence-electron chi connectivity index (χ3n) is 5.46. The zero-order valence-corrected chi connectivity index (χ0v) is 16.9. The molecular formula is C22H26N4O3. The Morgan fingerprint density at radius 2 is 1.66 bits per heavy atom. The number of nitrogens with zero attached hydrogens (tertiary/aromatic N) is 4.